The Hall–Kier alpha value is -0.440. The van der Waals surface area contributed by atoms with Crippen molar-refractivity contribution < 1.29 is 4.74 Å². The number of piperidine rings is 1. The zero-order chi connectivity index (χ0) is 11.2. The smallest absolute Gasteiger partial charge is 0.120 e. The number of hydrogen-bond donors (Lipinski definition) is 1. The summed E-state index contributed by atoms with van der Waals surface area (Å²) in [5, 5.41) is 4.15. The zero-order valence-corrected chi connectivity index (χ0v) is 11.4. The van der Waals surface area contributed by atoms with Crippen molar-refractivity contribution in [1.29, 1.82) is 0 Å². The summed E-state index contributed by atoms with van der Waals surface area (Å²) >= 11 is 5.88. The largest absolute Gasteiger partial charge is 0.494 e. The average molecular weight is 276 g/mol. The van der Waals surface area contributed by atoms with Crippen molar-refractivity contribution in [3.63, 3.8) is 0 Å². The van der Waals surface area contributed by atoms with Crippen LogP contribution in [0.15, 0.2) is 24.3 Å². The summed E-state index contributed by atoms with van der Waals surface area (Å²) in [4.78, 5) is 0. The highest BCUT2D eigenvalue weighted by molar-refractivity contribution is 6.30. The number of ether oxygens (including phenoxy) is 1. The van der Waals surface area contributed by atoms with Crippen molar-refractivity contribution in [2.24, 2.45) is 5.92 Å². The zero-order valence-electron chi connectivity index (χ0n) is 9.82. The lowest BCUT2D eigenvalue weighted by molar-refractivity contribution is 0.254. The Labute approximate surface area is 114 Å². The minimum Gasteiger partial charge on any atom is -0.494 e. The lowest BCUT2D eigenvalue weighted by Gasteiger charge is -2.22. The van der Waals surface area contributed by atoms with Gasteiger partial charge in [-0.2, -0.15) is 0 Å². The van der Waals surface area contributed by atoms with Gasteiger partial charge in [-0.05, 0) is 56.5 Å². The molecule has 0 amide bonds. The van der Waals surface area contributed by atoms with E-state index in [4.69, 9.17) is 16.3 Å². The Morgan fingerprint density at radius 3 is 3.00 bits per heavy atom. The molecule has 1 aromatic rings. The van der Waals surface area contributed by atoms with E-state index < -0.39 is 0 Å². The van der Waals surface area contributed by atoms with Crippen LogP contribution < -0.4 is 10.1 Å². The lowest BCUT2D eigenvalue weighted by Crippen LogP contribution is -2.30. The minimum absolute atomic E-state index is 0. The van der Waals surface area contributed by atoms with Gasteiger partial charge in [0.1, 0.15) is 5.75 Å². The quantitative estimate of drug-likeness (QED) is 0.908. The fourth-order valence-corrected chi connectivity index (χ4v) is 2.25. The standard InChI is InChI=1S/C13H18ClNO.ClH/c14-12-4-1-5-13(9-12)16-8-6-11-3-2-7-15-10-11;/h1,4-5,9,11,15H,2-3,6-8,10H2;1H. The highest BCUT2D eigenvalue weighted by Gasteiger charge is 2.12. The Bertz CT molecular complexity index is 327. The Kier molecular flexibility index (Phi) is 6.71. The summed E-state index contributed by atoms with van der Waals surface area (Å²) in [5.74, 6) is 1.64. The van der Waals surface area contributed by atoms with E-state index >= 15 is 0 Å². The number of benzene rings is 1. The van der Waals surface area contributed by atoms with E-state index in [1.807, 2.05) is 24.3 Å². The second-order valence-corrected chi connectivity index (χ2v) is 4.74. The van der Waals surface area contributed by atoms with Gasteiger partial charge < -0.3 is 10.1 Å². The molecule has 1 aliphatic heterocycles. The molecule has 1 unspecified atom stereocenters. The highest BCUT2D eigenvalue weighted by Crippen LogP contribution is 2.19. The van der Waals surface area contributed by atoms with E-state index in [-0.39, 0.29) is 12.4 Å². The first-order valence-corrected chi connectivity index (χ1v) is 6.31. The predicted octanol–water partition coefficient (Wildman–Crippen LogP) is 3.53. The maximum Gasteiger partial charge on any atom is 0.120 e. The van der Waals surface area contributed by atoms with Crippen LogP contribution in [0.25, 0.3) is 0 Å². The van der Waals surface area contributed by atoms with Crippen LogP contribution >= 0.6 is 24.0 Å². The van der Waals surface area contributed by atoms with E-state index in [1.54, 1.807) is 0 Å². The second-order valence-electron chi connectivity index (χ2n) is 4.31. The van der Waals surface area contributed by atoms with Crippen LogP contribution in [-0.2, 0) is 0 Å². The first-order valence-electron chi connectivity index (χ1n) is 5.94. The molecule has 1 fully saturated rings. The van der Waals surface area contributed by atoms with Crippen LogP contribution in [0, 0.1) is 5.92 Å². The van der Waals surface area contributed by atoms with Gasteiger partial charge in [-0.25, -0.2) is 0 Å². The third-order valence-electron chi connectivity index (χ3n) is 2.99. The molecule has 1 aliphatic rings. The molecule has 1 heterocycles. The third-order valence-corrected chi connectivity index (χ3v) is 3.22. The van der Waals surface area contributed by atoms with E-state index in [2.05, 4.69) is 5.32 Å². The summed E-state index contributed by atoms with van der Waals surface area (Å²) < 4.78 is 5.68. The van der Waals surface area contributed by atoms with E-state index in [0.29, 0.717) is 0 Å². The average Bonchev–Trinajstić information content (AvgIpc) is 2.30. The van der Waals surface area contributed by atoms with E-state index in [9.17, 15) is 0 Å². The van der Waals surface area contributed by atoms with Gasteiger partial charge in [-0.15, -0.1) is 12.4 Å². The van der Waals surface area contributed by atoms with Crippen molar-refractivity contribution in [3.8, 4) is 5.75 Å². The molecule has 4 heteroatoms. The molecule has 1 saturated heterocycles. The van der Waals surface area contributed by atoms with Gasteiger partial charge in [0.25, 0.3) is 0 Å². The van der Waals surface area contributed by atoms with Gasteiger partial charge in [-0.1, -0.05) is 17.7 Å². The molecule has 96 valence electrons. The topological polar surface area (TPSA) is 21.3 Å². The summed E-state index contributed by atoms with van der Waals surface area (Å²) in [6, 6.07) is 7.59. The number of halogens is 2. The van der Waals surface area contributed by atoms with Crippen molar-refractivity contribution >= 4 is 24.0 Å². The summed E-state index contributed by atoms with van der Waals surface area (Å²) in [7, 11) is 0. The molecule has 0 aliphatic carbocycles. The van der Waals surface area contributed by atoms with Crippen molar-refractivity contribution in [3.05, 3.63) is 29.3 Å². The Morgan fingerprint density at radius 1 is 1.41 bits per heavy atom. The van der Waals surface area contributed by atoms with Crippen LogP contribution in [0.1, 0.15) is 19.3 Å². The number of nitrogens with one attached hydrogen (secondary N) is 1. The lowest BCUT2D eigenvalue weighted by atomic mass is 9.97. The second kappa shape index (κ2) is 7.80. The van der Waals surface area contributed by atoms with Crippen molar-refractivity contribution in [1.82, 2.24) is 5.32 Å². The summed E-state index contributed by atoms with van der Waals surface area (Å²) in [5.41, 5.74) is 0. The fraction of sp³-hybridized carbons (Fsp3) is 0.538. The molecule has 0 saturated carbocycles. The molecule has 0 aromatic heterocycles. The fourth-order valence-electron chi connectivity index (χ4n) is 2.07. The first kappa shape index (κ1) is 14.6. The van der Waals surface area contributed by atoms with E-state index in [0.717, 1.165) is 36.3 Å². The van der Waals surface area contributed by atoms with Crippen LogP contribution in [0.4, 0.5) is 0 Å². The normalized spacial score (nSPS) is 19.5. The molecule has 2 nitrogen and oxygen atoms in total. The van der Waals surface area contributed by atoms with Gasteiger partial charge in [-0.3, -0.25) is 0 Å². The maximum atomic E-state index is 5.88. The molecule has 2 rings (SSSR count). The predicted molar refractivity (Wildman–Crippen MR) is 74.4 cm³/mol. The number of hydrogen-bond acceptors (Lipinski definition) is 2. The van der Waals surface area contributed by atoms with Crippen LogP contribution in [0.3, 0.4) is 0 Å². The van der Waals surface area contributed by atoms with Gasteiger partial charge in [0.2, 0.25) is 0 Å². The van der Waals surface area contributed by atoms with Gasteiger partial charge in [0.05, 0.1) is 6.61 Å². The monoisotopic (exact) mass is 275 g/mol. The van der Waals surface area contributed by atoms with Crippen molar-refractivity contribution in [2.75, 3.05) is 19.7 Å². The molecule has 1 atom stereocenters. The minimum atomic E-state index is 0. The summed E-state index contributed by atoms with van der Waals surface area (Å²) in [6.07, 6.45) is 3.74. The van der Waals surface area contributed by atoms with Crippen LogP contribution in [0.2, 0.25) is 5.02 Å². The first-order chi connectivity index (χ1) is 7.84. The Balaban J connectivity index is 0.00000144. The van der Waals surface area contributed by atoms with Gasteiger partial charge >= 0.3 is 0 Å². The van der Waals surface area contributed by atoms with E-state index in [1.165, 1.54) is 19.4 Å². The molecule has 1 aromatic carbocycles. The Morgan fingerprint density at radius 2 is 2.29 bits per heavy atom. The number of rotatable bonds is 4. The van der Waals surface area contributed by atoms with Gasteiger partial charge in [0.15, 0.2) is 0 Å². The SMILES string of the molecule is Cl.Clc1cccc(OCCC2CCCNC2)c1. The van der Waals surface area contributed by atoms with Crippen molar-refractivity contribution in [2.45, 2.75) is 19.3 Å². The third kappa shape index (κ3) is 5.15. The summed E-state index contributed by atoms with van der Waals surface area (Å²) in [6.45, 7) is 3.09. The maximum absolute atomic E-state index is 5.88. The highest BCUT2D eigenvalue weighted by atomic mass is 35.5. The molecule has 0 spiro atoms. The molecular weight excluding hydrogens is 257 g/mol. The molecule has 1 N–H and O–H groups in total. The molecule has 0 bridgehead atoms. The van der Waals surface area contributed by atoms with Crippen LogP contribution in [0.5, 0.6) is 5.75 Å². The molecular formula is C13H19Cl2NO. The molecule has 0 radical (unpaired) electrons. The van der Waals surface area contributed by atoms with Gasteiger partial charge in [0, 0.05) is 5.02 Å². The van der Waals surface area contributed by atoms with Crippen LogP contribution in [-0.4, -0.2) is 19.7 Å². The molecule has 17 heavy (non-hydrogen) atoms.